The zero-order valence-corrected chi connectivity index (χ0v) is 15.6. The molecule has 0 saturated carbocycles. The Morgan fingerprint density at radius 3 is 3.00 bits per heavy atom. The summed E-state index contributed by atoms with van der Waals surface area (Å²) in [4.78, 5) is 0. The van der Waals surface area contributed by atoms with Gasteiger partial charge in [-0.3, -0.25) is 0 Å². The summed E-state index contributed by atoms with van der Waals surface area (Å²) < 4.78 is 7.05. The predicted octanol–water partition coefficient (Wildman–Crippen LogP) is 2.92. The molecule has 2 nitrogen and oxygen atoms in total. The molecule has 0 saturated heterocycles. The van der Waals surface area contributed by atoms with Crippen LogP contribution in [0.2, 0.25) is 0 Å². The molecule has 0 fully saturated rings. The van der Waals surface area contributed by atoms with Crippen molar-refractivity contribution in [3.63, 3.8) is 0 Å². The van der Waals surface area contributed by atoms with Crippen molar-refractivity contribution in [3.05, 3.63) is 41.7 Å². The Kier molecular flexibility index (Phi) is 3.45. The van der Waals surface area contributed by atoms with Crippen LogP contribution in [0.5, 0.6) is 11.5 Å². The molecule has 0 spiro atoms. The predicted molar refractivity (Wildman–Crippen MR) is 77.1 cm³/mol. The molecule has 96 valence electrons. The fourth-order valence-corrected chi connectivity index (χ4v) is 4.39. The molecule has 1 unspecified atom stereocenters. The fraction of sp³-hybridized carbons (Fsp3) is 0.375. The second-order valence-corrected chi connectivity index (χ2v) is 7.96. The van der Waals surface area contributed by atoms with E-state index in [0.717, 1.165) is 36.3 Å². The first-order valence-corrected chi connectivity index (χ1v) is 9.03. The van der Waals surface area contributed by atoms with Gasteiger partial charge in [0, 0.05) is 0 Å². The van der Waals surface area contributed by atoms with E-state index in [4.69, 9.17) is 4.74 Å². The molecule has 1 aliphatic heterocycles. The maximum absolute atomic E-state index is 10.3. The van der Waals surface area contributed by atoms with Crippen LogP contribution in [0, 0.1) is 5.92 Å². The van der Waals surface area contributed by atoms with Gasteiger partial charge in [0.05, 0.1) is 0 Å². The zero-order chi connectivity index (χ0) is 13.6. The normalized spacial score (nSPS) is 25.1. The summed E-state index contributed by atoms with van der Waals surface area (Å²) in [6.45, 7) is 6.29. The van der Waals surface area contributed by atoms with E-state index >= 15 is 0 Å². The Labute approximate surface area is 129 Å². The van der Waals surface area contributed by atoms with Crippen LogP contribution in [0.4, 0.5) is 0 Å². The first-order chi connectivity index (χ1) is 9.10. The van der Waals surface area contributed by atoms with E-state index in [1.807, 2.05) is 6.07 Å². The number of hydrogen-bond donors (Lipinski definition) is 1. The SMILES string of the molecule is C=C1Oc2c[c]([Tl])cc(O)c2C2C=C(CC)CC[C@H]12. The van der Waals surface area contributed by atoms with Gasteiger partial charge in [0.1, 0.15) is 0 Å². The van der Waals surface area contributed by atoms with Crippen LogP contribution < -0.4 is 7.86 Å². The number of phenolic OH excluding ortho intramolecular Hbond substituents is 1. The average molecular weight is 446 g/mol. The molecule has 0 amide bonds. The van der Waals surface area contributed by atoms with Gasteiger partial charge in [-0.1, -0.05) is 0 Å². The molecular formula is C16H17O2Tl. The van der Waals surface area contributed by atoms with Gasteiger partial charge < -0.3 is 0 Å². The maximum atomic E-state index is 10.3. The van der Waals surface area contributed by atoms with E-state index in [1.54, 1.807) is 0 Å². The number of rotatable bonds is 1. The molecule has 0 radical (unpaired) electrons. The molecule has 1 N–H and O–H groups in total. The second-order valence-electron chi connectivity index (χ2n) is 5.37. The first-order valence-electron chi connectivity index (χ1n) is 6.78. The Bertz CT molecular complexity index is 574. The minimum atomic E-state index is 0.241. The van der Waals surface area contributed by atoms with Crippen molar-refractivity contribution < 1.29 is 9.84 Å². The number of ether oxygens (including phenoxy) is 1. The molecule has 1 aromatic carbocycles. The first kappa shape index (κ1) is 13.2. The third kappa shape index (κ3) is 2.24. The van der Waals surface area contributed by atoms with Gasteiger partial charge in [0.15, 0.2) is 0 Å². The van der Waals surface area contributed by atoms with Crippen LogP contribution in [-0.4, -0.2) is 30.9 Å². The number of benzene rings is 1. The van der Waals surface area contributed by atoms with Gasteiger partial charge >= 0.3 is 130 Å². The van der Waals surface area contributed by atoms with E-state index in [0.29, 0.717) is 37.4 Å². The van der Waals surface area contributed by atoms with Gasteiger partial charge in [-0.05, 0) is 0 Å². The van der Waals surface area contributed by atoms with Crippen molar-refractivity contribution in [2.75, 3.05) is 0 Å². The second kappa shape index (κ2) is 4.96. The Balaban J connectivity index is 2.16. The number of hydrogen-bond acceptors (Lipinski definition) is 2. The fourth-order valence-electron chi connectivity index (χ4n) is 3.18. The summed E-state index contributed by atoms with van der Waals surface area (Å²) >= 11 is 0.698. The summed E-state index contributed by atoms with van der Waals surface area (Å²) in [5.41, 5.74) is 2.45. The molecule has 3 rings (SSSR count). The monoisotopic (exact) mass is 446 g/mol. The molecule has 0 aromatic heterocycles. The molecular weight excluding hydrogens is 429 g/mol. The van der Waals surface area contributed by atoms with Crippen molar-refractivity contribution in [2.45, 2.75) is 32.1 Å². The van der Waals surface area contributed by atoms with Crippen molar-refractivity contribution >= 4 is 28.9 Å². The number of aromatic hydroxyl groups is 1. The number of phenols is 1. The Morgan fingerprint density at radius 2 is 2.26 bits per heavy atom. The Morgan fingerprint density at radius 1 is 1.47 bits per heavy atom. The van der Waals surface area contributed by atoms with Crippen molar-refractivity contribution in [2.24, 2.45) is 5.92 Å². The quantitative estimate of drug-likeness (QED) is 0.532. The van der Waals surface area contributed by atoms with Crippen molar-refractivity contribution in [1.82, 2.24) is 0 Å². The molecule has 3 heteroatoms. The number of allylic oxidation sites excluding steroid dienone is 3. The third-order valence-electron chi connectivity index (χ3n) is 4.21. The molecule has 1 aromatic rings. The topological polar surface area (TPSA) is 29.5 Å². The average Bonchev–Trinajstić information content (AvgIpc) is 2.37. The van der Waals surface area contributed by atoms with Crippen LogP contribution in [0.1, 0.15) is 37.7 Å². The Hall–Kier alpha value is -0.778. The molecule has 1 heterocycles. The van der Waals surface area contributed by atoms with Crippen LogP contribution in [-0.2, 0) is 0 Å². The summed E-state index contributed by atoms with van der Waals surface area (Å²) in [6, 6.07) is 3.96. The van der Waals surface area contributed by atoms with Crippen LogP contribution in [0.3, 0.4) is 0 Å². The van der Waals surface area contributed by atoms with Crippen LogP contribution >= 0.6 is 0 Å². The number of fused-ring (bicyclic) bond motifs is 3. The van der Waals surface area contributed by atoms with Gasteiger partial charge in [0.2, 0.25) is 0 Å². The van der Waals surface area contributed by atoms with Gasteiger partial charge in [-0.25, -0.2) is 0 Å². The van der Waals surface area contributed by atoms with E-state index in [2.05, 4.69) is 25.6 Å². The van der Waals surface area contributed by atoms with E-state index in [1.165, 1.54) is 8.70 Å². The zero-order valence-electron chi connectivity index (χ0n) is 11.1. The van der Waals surface area contributed by atoms with Gasteiger partial charge in [0.25, 0.3) is 0 Å². The van der Waals surface area contributed by atoms with Crippen molar-refractivity contribution in [3.8, 4) is 11.5 Å². The van der Waals surface area contributed by atoms with Gasteiger partial charge in [-0.2, -0.15) is 0 Å². The molecule has 2 aliphatic rings. The molecule has 0 bridgehead atoms. The van der Waals surface area contributed by atoms with Gasteiger partial charge in [-0.15, -0.1) is 0 Å². The summed E-state index contributed by atoms with van der Waals surface area (Å²) in [5, 5.41) is 10.3. The van der Waals surface area contributed by atoms with Crippen molar-refractivity contribution in [1.29, 1.82) is 0 Å². The molecule has 19 heavy (non-hydrogen) atoms. The summed E-state index contributed by atoms with van der Waals surface area (Å²) in [5.74, 6) is 2.63. The van der Waals surface area contributed by atoms with Crippen LogP contribution in [0.25, 0.3) is 0 Å². The van der Waals surface area contributed by atoms with E-state index in [-0.39, 0.29) is 5.92 Å². The third-order valence-corrected chi connectivity index (χ3v) is 5.51. The standard InChI is InChI=1S/C16H17O2.Tl/c1-3-11-7-8-12-10(2)18-15-6-4-5-14(17)16(15)13(12)9-11;/h5-6,9,12-13,17H,2-3,7-8H2,1H3;/t12-,13?;/m1./s1. The van der Waals surface area contributed by atoms with E-state index < -0.39 is 0 Å². The van der Waals surface area contributed by atoms with Crippen LogP contribution in [0.15, 0.2) is 36.1 Å². The molecule has 1 aliphatic carbocycles. The molecule has 2 atom stereocenters. The minimum absolute atomic E-state index is 0.241. The summed E-state index contributed by atoms with van der Waals surface area (Å²) in [6.07, 6.45) is 5.62. The summed E-state index contributed by atoms with van der Waals surface area (Å²) in [7, 11) is 0. The van der Waals surface area contributed by atoms with E-state index in [9.17, 15) is 5.11 Å².